The van der Waals surface area contributed by atoms with E-state index in [4.69, 9.17) is 0 Å². The predicted molar refractivity (Wildman–Crippen MR) is 58.1 cm³/mol. The van der Waals surface area contributed by atoms with E-state index >= 15 is 0 Å². The second kappa shape index (κ2) is 5.60. The van der Waals surface area contributed by atoms with Gasteiger partial charge in [0.15, 0.2) is 0 Å². The first-order valence-corrected chi connectivity index (χ1v) is 5.32. The molecule has 73 valence electrons. The van der Waals surface area contributed by atoms with Crippen molar-refractivity contribution in [1.29, 1.82) is 0 Å². The molecule has 1 rings (SSSR count). The lowest BCUT2D eigenvalue weighted by molar-refractivity contribution is 0.108. The minimum Gasteiger partial charge on any atom is -0.291 e. The Labute approximate surface area is 87.7 Å². The molecule has 0 N–H and O–H groups in total. The first-order chi connectivity index (χ1) is 6.74. The van der Waals surface area contributed by atoms with Crippen LogP contribution in [0, 0.1) is 5.92 Å². The summed E-state index contributed by atoms with van der Waals surface area (Å²) in [5.41, 5.74) is 0.676. The Hall–Kier alpha value is -1.09. The van der Waals surface area contributed by atoms with Crippen molar-refractivity contribution in [2.24, 2.45) is 5.92 Å². The minimum absolute atomic E-state index is 0.00713. The minimum atomic E-state index is -0.187. The molecule has 0 amide bonds. The third-order valence-corrected chi connectivity index (χ3v) is 2.84. The molecule has 0 aliphatic heterocycles. The molecule has 0 spiro atoms. The molecule has 0 saturated heterocycles. The summed E-state index contributed by atoms with van der Waals surface area (Å²) in [5.74, 6) is 0.310. The van der Waals surface area contributed by atoms with Gasteiger partial charge in [-0.15, -0.1) is 0 Å². The number of carbonyl (C=O) groups excluding carboxylic acids is 2. The highest BCUT2D eigenvalue weighted by Crippen LogP contribution is 2.14. The molecular weight excluding hydrogens is 196 g/mol. The lowest BCUT2D eigenvalue weighted by Gasteiger charge is -2.01. The van der Waals surface area contributed by atoms with Gasteiger partial charge in [-0.3, -0.25) is 9.59 Å². The summed E-state index contributed by atoms with van der Waals surface area (Å²) >= 11 is 1.16. The summed E-state index contributed by atoms with van der Waals surface area (Å²) in [7, 11) is 0. The summed E-state index contributed by atoms with van der Waals surface area (Å²) in [5, 5.41) is 0.00713. The smallest absolute Gasteiger partial charge is 0.219 e. The average molecular weight is 207 g/mol. The van der Waals surface area contributed by atoms with E-state index in [1.807, 2.05) is 24.5 Å². The molecule has 3 heteroatoms. The Morgan fingerprint density at radius 2 is 2.07 bits per heavy atom. The normalized spacial score (nSPS) is 12.1. The fraction of sp³-hybridized carbons (Fsp3) is 0.273. The van der Waals surface area contributed by atoms with Gasteiger partial charge in [-0.1, -0.05) is 49.0 Å². The maximum Gasteiger partial charge on any atom is 0.219 e. The molecule has 0 aliphatic rings. The number of benzene rings is 1. The molecule has 1 atom stereocenters. The van der Waals surface area contributed by atoms with E-state index in [-0.39, 0.29) is 11.0 Å². The number of hydrogen-bond acceptors (Lipinski definition) is 3. The Kier molecular flexibility index (Phi) is 4.40. The maximum absolute atomic E-state index is 11.5. The fourth-order valence-corrected chi connectivity index (χ4v) is 1.66. The van der Waals surface area contributed by atoms with E-state index in [2.05, 4.69) is 0 Å². The molecular formula is C11H11O2S. The first-order valence-electron chi connectivity index (χ1n) is 4.34. The summed E-state index contributed by atoms with van der Waals surface area (Å²) in [6.07, 6.45) is 1.85. The number of carbonyl (C=O) groups is 1. The number of thioether (sulfide) groups is 1. The highest BCUT2D eigenvalue weighted by atomic mass is 32.2. The van der Waals surface area contributed by atoms with Crippen molar-refractivity contribution in [2.45, 2.75) is 6.92 Å². The van der Waals surface area contributed by atoms with Crippen LogP contribution in [0.3, 0.4) is 0 Å². The van der Waals surface area contributed by atoms with Gasteiger partial charge in [0, 0.05) is 17.2 Å². The van der Waals surface area contributed by atoms with Gasteiger partial charge in [0.05, 0.1) is 0 Å². The van der Waals surface area contributed by atoms with Gasteiger partial charge in [0.2, 0.25) is 11.4 Å². The SMILES string of the molecule is CC([C]=O)CSC(=O)c1ccccc1. The van der Waals surface area contributed by atoms with Crippen molar-refractivity contribution in [3.8, 4) is 0 Å². The largest absolute Gasteiger partial charge is 0.291 e. The first kappa shape index (κ1) is 11.0. The molecule has 0 aromatic heterocycles. The molecule has 14 heavy (non-hydrogen) atoms. The zero-order valence-corrected chi connectivity index (χ0v) is 8.71. The maximum atomic E-state index is 11.5. The quantitative estimate of drug-likeness (QED) is 0.759. The van der Waals surface area contributed by atoms with Crippen molar-refractivity contribution in [1.82, 2.24) is 0 Å². The highest BCUT2D eigenvalue weighted by molar-refractivity contribution is 8.14. The van der Waals surface area contributed by atoms with Crippen molar-refractivity contribution in [3.63, 3.8) is 0 Å². The highest BCUT2D eigenvalue weighted by Gasteiger charge is 2.08. The topological polar surface area (TPSA) is 34.1 Å². The van der Waals surface area contributed by atoms with Crippen LogP contribution in [0.25, 0.3) is 0 Å². The van der Waals surface area contributed by atoms with Crippen LogP contribution < -0.4 is 0 Å². The zero-order chi connectivity index (χ0) is 10.4. The van der Waals surface area contributed by atoms with E-state index in [1.165, 1.54) is 0 Å². The van der Waals surface area contributed by atoms with Crippen LogP contribution in [0.4, 0.5) is 0 Å². The van der Waals surface area contributed by atoms with Gasteiger partial charge in [-0.05, 0) is 0 Å². The summed E-state index contributed by atoms with van der Waals surface area (Å²) < 4.78 is 0. The van der Waals surface area contributed by atoms with Gasteiger partial charge in [0.1, 0.15) is 0 Å². The second-order valence-corrected chi connectivity index (χ2v) is 3.98. The van der Waals surface area contributed by atoms with E-state index < -0.39 is 0 Å². The average Bonchev–Trinajstić information content (AvgIpc) is 2.26. The molecule has 0 saturated carbocycles. The van der Waals surface area contributed by atoms with Crippen LogP contribution in [0.5, 0.6) is 0 Å². The van der Waals surface area contributed by atoms with Gasteiger partial charge < -0.3 is 0 Å². The van der Waals surface area contributed by atoms with E-state index in [0.717, 1.165) is 11.8 Å². The van der Waals surface area contributed by atoms with Gasteiger partial charge in [-0.25, -0.2) is 0 Å². The van der Waals surface area contributed by atoms with Crippen molar-refractivity contribution in [3.05, 3.63) is 35.9 Å². The number of rotatable bonds is 4. The van der Waals surface area contributed by atoms with Crippen LogP contribution in [0.1, 0.15) is 17.3 Å². The molecule has 1 unspecified atom stereocenters. The van der Waals surface area contributed by atoms with Crippen LogP contribution in [-0.4, -0.2) is 17.2 Å². The zero-order valence-electron chi connectivity index (χ0n) is 7.90. The predicted octanol–water partition coefficient (Wildman–Crippen LogP) is 2.31. The summed E-state index contributed by atoms with van der Waals surface area (Å²) in [6, 6.07) is 9.05. The third-order valence-electron chi connectivity index (χ3n) is 1.68. The molecule has 0 aliphatic carbocycles. The van der Waals surface area contributed by atoms with E-state index in [0.29, 0.717) is 11.3 Å². The lowest BCUT2D eigenvalue weighted by Crippen LogP contribution is -2.02. The van der Waals surface area contributed by atoms with Crippen LogP contribution in [-0.2, 0) is 4.79 Å². The molecule has 2 nitrogen and oxygen atoms in total. The van der Waals surface area contributed by atoms with Gasteiger partial charge in [-0.2, -0.15) is 0 Å². The van der Waals surface area contributed by atoms with Crippen LogP contribution in [0.15, 0.2) is 30.3 Å². The number of hydrogen-bond donors (Lipinski definition) is 0. The molecule has 1 radical (unpaired) electrons. The molecule has 0 bridgehead atoms. The fourth-order valence-electron chi connectivity index (χ4n) is 0.892. The van der Waals surface area contributed by atoms with Crippen molar-refractivity contribution >= 4 is 23.2 Å². The molecule has 1 aromatic carbocycles. The Balaban J connectivity index is 2.47. The van der Waals surface area contributed by atoms with Crippen molar-refractivity contribution < 1.29 is 9.59 Å². The van der Waals surface area contributed by atoms with E-state index in [1.54, 1.807) is 19.1 Å². The van der Waals surface area contributed by atoms with Gasteiger partial charge >= 0.3 is 0 Å². The molecule has 0 fully saturated rings. The Bertz CT molecular complexity index is 308. The van der Waals surface area contributed by atoms with E-state index in [9.17, 15) is 9.59 Å². The second-order valence-electron chi connectivity index (χ2n) is 2.98. The monoisotopic (exact) mass is 207 g/mol. The standard InChI is InChI=1S/C11H11O2S/c1-9(7-12)8-14-11(13)10-5-3-2-4-6-10/h2-6,9H,8H2,1H3. The molecule has 0 heterocycles. The Morgan fingerprint density at radius 1 is 1.43 bits per heavy atom. The third kappa shape index (κ3) is 3.34. The van der Waals surface area contributed by atoms with Crippen molar-refractivity contribution in [2.75, 3.05) is 5.75 Å². The van der Waals surface area contributed by atoms with Gasteiger partial charge in [0.25, 0.3) is 0 Å². The lowest BCUT2D eigenvalue weighted by atomic mass is 10.2. The summed E-state index contributed by atoms with van der Waals surface area (Å²) in [6.45, 7) is 1.75. The Morgan fingerprint density at radius 3 is 2.64 bits per heavy atom. The molecule has 1 aromatic rings. The van der Waals surface area contributed by atoms with Crippen LogP contribution >= 0.6 is 11.8 Å². The summed E-state index contributed by atoms with van der Waals surface area (Å²) in [4.78, 5) is 21.7. The van der Waals surface area contributed by atoms with Crippen LogP contribution in [0.2, 0.25) is 0 Å².